The van der Waals surface area contributed by atoms with Gasteiger partial charge in [0.15, 0.2) is 5.82 Å². The van der Waals surface area contributed by atoms with Gasteiger partial charge < -0.3 is 20.4 Å². The van der Waals surface area contributed by atoms with E-state index in [4.69, 9.17) is 10.6 Å². The van der Waals surface area contributed by atoms with Gasteiger partial charge in [-0.2, -0.15) is 0 Å². The third-order valence-electron chi connectivity index (χ3n) is 3.59. The summed E-state index contributed by atoms with van der Waals surface area (Å²) >= 11 is 0. The Kier molecular flexibility index (Phi) is 6.16. The third kappa shape index (κ3) is 5.11. The van der Waals surface area contributed by atoms with Crippen LogP contribution in [0.5, 0.6) is 0 Å². The number of hydrogen-bond donors (Lipinski definition) is 3. The van der Waals surface area contributed by atoms with Crippen LogP contribution in [0, 0.1) is 5.92 Å². The topological polar surface area (TPSA) is 88.3 Å². The van der Waals surface area contributed by atoms with Crippen molar-refractivity contribution in [1.82, 2.24) is 14.9 Å². The fourth-order valence-corrected chi connectivity index (χ4v) is 2.60. The summed E-state index contributed by atoms with van der Waals surface area (Å²) in [6.45, 7) is 7.10. The minimum absolute atomic E-state index is 0.369. The zero-order valence-corrected chi connectivity index (χ0v) is 12.9. The molecule has 1 unspecified atom stereocenters. The molecule has 2 rings (SSSR count). The van der Waals surface area contributed by atoms with Crippen LogP contribution in [0.25, 0.3) is 0 Å². The molecular weight excluding hydrogens is 268 g/mol. The number of ether oxygens (including phenoxy) is 1. The van der Waals surface area contributed by atoms with Crippen LogP contribution in [0.1, 0.15) is 25.6 Å². The monoisotopic (exact) mass is 294 g/mol. The maximum atomic E-state index is 5.43. The average molecular weight is 294 g/mol. The van der Waals surface area contributed by atoms with E-state index in [2.05, 4.69) is 32.5 Å². The average Bonchev–Trinajstić information content (AvgIpc) is 2.98. The molecule has 1 fully saturated rings. The SMILES string of the molecule is COCc1nc(NN)cc(NCC(C)CN2CCCC2)n1. The molecule has 1 aromatic heterocycles. The molecule has 0 bridgehead atoms. The third-order valence-corrected chi connectivity index (χ3v) is 3.59. The first-order valence-corrected chi connectivity index (χ1v) is 7.51. The van der Waals surface area contributed by atoms with E-state index in [1.54, 1.807) is 7.11 Å². The van der Waals surface area contributed by atoms with E-state index in [-0.39, 0.29) is 0 Å². The Hall–Kier alpha value is -1.44. The summed E-state index contributed by atoms with van der Waals surface area (Å²) < 4.78 is 5.07. The Morgan fingerprint density at radius 3 is 2.71 bits per heavy atom. The van der Waals surface area contributed by atoms with E-state index >= 15 is 0 Å². The highest BCUT2D eigenvalue weighted by Gasteiger charge is 2.14. The van der Waals surface area contributed by atoms with E-state index in [1.165, 1.54) is 25.9 Å². The number of hydrogen-bond acceptors (Lipinski definition) is 7. The second-order valence-corrected chi connectivity index (χ2v) is 5.63. The molecule has 4 N–H and O–H groups in total. The Labute approximate surface area is 126 Å². The lowest BCUT2D eigenvalue weighted by atomic mass is 10.1. The molecule has 0 aromatic carbocycles. The van der Waals surface area contributed by atoms with E-state index in [9.17, 15) is 0 Å². The number of hydrazine groups is 1. The molecule has 7 heteroatoms. The van der Waals surface area contributed by atoms with Crippen LogP contribution in [0.3, 0.4) is 0 Å². The Bertz CT molecular complexity index is 435. The first-order valence-electron chi connectivity index (χ1n) is 7.51. The molecule has 21 heavy (non-hydrogen) atoms. The first kappa shape index (κ1) is 15.9. The second-order valence-electron chi connectivity index (χ2n) is 5.63. The molecule has 1 aliphatic heterocycles. The van der Waals surface area contributed by atoms with Crippen LogP contribution >= 0.6 is 0 Å². The summed E-state index contributed by atoms with van der Waals surface area (Å²) in [4.78, 5) is 11.2. The molecule has 0 aliphatic carbocycles. The molecule has 0 spiro atoms. The second kappa shape index (κ2) is 8.11. The predicted octanol–water partition coefficient (Wildman–Crippen LogP) is 1.05. The van der Waals surface area contributed by atoms with Gasteiger partial charge in [-0.25, -0.2) is 15.8 Å². The fourth-order valence-electron chi connectivity index (χ4n) is 2.60. The van der Waals surface area contributed by atoms with E-state index in [1.807, 2.05) is 6.07 Å². The molecule has 0 amide bonds. The summed E-state index contributed by atoms with van der Waals surface area (Å²) in [5.41, 5.74) is 2.56. The summed E-state index contributed by atoms with van der Waals surface area (Å²) in [7, 11) is 1.62. The number of likely N-dealkylation sites (tertiary alicyclic amines) is 1. The summed E-state index contributed by atoms with van der Waals surface area (Å²) in [5, 5.41) is 3.36. The van der Waals surface area contributed by atoms with Crippen LogP contribution in [-0.2, 0) is 11.3 Å². The zero-order valence-electron chi connectivity index (χ0n) is 12.9. The predicted molar refractivity (Wildman–Crippen MR) is 83.9 cm³/mol. The van der Waals surface area contributed by atoms with Crippen LogP contribution in [0.4, 0.5) is 11.6 Å². The number of nitrogens with two attached hydrogens (primary N) is 1. The number of rotatable bonds is 8. The lowest BCUT2D eigenvalue weighted by Gasteiger charge is -2.20. The maximum absolute atomic E-state index is 5.43. The van der Waals surface area contributed by atoms with Gasteiger partial charge in [-0.15, -0.1) is 0 Å². The highest BCUT2D eigenvalue weighted by molar-refractivity contribution is 5.46. The molecule has 1 saturated heterocycles. The van der Waals surface area contributed by atoms with Crippen molar-refractivity contribution in [3.63, 3.8) is 0 Å². The first-order chi connectivity index (χ1) is 10.2. The molecule has 2 heterocycles. The minimum atomic E-state index is 0.369. The van der Waals surface area contributed by atoms with Crippen LogP contribution < -0.4 is 16.6 Å². The Morgan fingerprint density at radius 2 is 2.05 bits per heavy atom. The molecule has 0 radical (unpaired) electrons. The van der Waals surface area contributed by atoms with E-state index < -0.39 is 0 Å². The standard InChI is InChI=1S/C14H26N6O/c1-11(9-20-5-3-4-6-20)8-16-12-7-13(19-15)18-14(17-12)10-21-2/h7,11H,3-6,8-10,15H2,1-2H3,(H2,16,17,18,19). The smallest absolute Gasteiger partial charge is 0.158 e. The molecule has 1 aliphatic rings. The van der Waals surface area contributed by atoms with Gasteiger partial charge in [0.05, 0.1) is 0 Å². The Balaban J connectivity index is 1.87. The van der Waals surface area contributed by atoms with Gasteiger partial charge in [-0.1, -0.05) is 6.92 Å². The van der Waals surface area contributed by atoms with Crippen molar-refractivity contribution in [1.29, 1.82) is 0 Å². The number of nitrogens with zero attached hydrogens (tertiary/aromatic N) is 3. The summed E-state index contributed by atoms with van der Waals surface area (Å²) in [6.07, 6.45) is 2.66. The van der Waals surface area contributed by atoms with Crippen LogP contribution in [0.2, 0.25) is 0 Å². The van der Waals surface area contributed by atoms with Crippen molar-refractivity contribution in [2.24, 2.45) is 11.8 Å². The molecule has 1 atom stereocenters. The number of aromatic nitrogens is 2. The maximum Gasteiger partial charge on any atom is 0.158 e. The summed E-state index contributed by atoms with van der Waals surface area (Å²) in [6, 6.07) is 1.81. The summed E-state index contributed by atoms with van der Waals surface area (Å²) in [5.74, 6) is 7.98. The van der Waals surface area contributed by atoms with E-state index in [0.29, 0.717) is 24.2 Å². The van der Waals surface area contributed by atoms with Crippen LogP contribution in [0.15, 0.2) is 6.07 Å². The van der Waals surface area contributed by atoms with Crippen molar-refractivity contribution in [2.75, 3.05) is 44.0 Å². The largest absolute Gasteiger partial charge is 0.377 e. The van der Waals surface area contributed by atoms with E-state index in [0.717, 1.165) is 18.9 Å². The van der Waals surface area contributed by atoms with Crippen molar-refractivity contribution < 1.29 is 4.74 Å². The van der Waals surface area contributed by atoms with Gasteiger partial charge >= 0.3 is 0 Å². The highest BCUT2D eigenvalue weighted by atomic mass is 16.5. The van der Waals surface area contributed by atoms with Gasteiger partial charge in [-0.3, -0.25) is 0 Å². The molecule has 0 saturated carbocycles. The van der Waals surface area contributed by atoms with Crippen LogP contribution in [-0.4, -0.2) is 48.2 Å². The van der Waals surface area contributed by atoms with Gasteiger partial charge in [0, 0.05) is 26.3 Å². The highest BCUT2D eigenvalue weighted by Crippen LogP contribution is 2.13. The normalized spacial score (nSPS) is 16.9. The molecule has 1 aromatic rings. The zero-order chi connectivity index (χ0) is 15.1. The van der Waals surface area contributed by atoms with Crippen molar-refractivity contribution in [3.8, 4) is 0 Å². The van der Waals surface area contributed by atoms with Gasteiger partial charge in [0.25, 0.3) is 0 Å². The Morgan fingerprint density at radius 1 is 1.33 bits per heavy atom. The lowest BCUT2D eigenvalue weighted by Crippen LogP contribution is -2.29. The number of anilines is 2. The van der Waals surface area contributed by atoms with Crippen molar-refractivity contribution >= 4 is 11.6 Å². The van der Waals surface area contributed by atoms with Gasteiger partial charge in [0.1, 0.15) is 18.2 Å². The fraction of sp³-hybridized carbons (Fsp3) is 0.714. The number of nitrogen functional groups attached to an aromatic ring is 1. The van der Waals surface area contributed by atoms with Crippen molar-refractivity contribution in [2.45, 2.75) is 26.4 Å². The van der Waals surface area contributed by atoms with Gasteiger partial charge in [0.2, 0.25) is 0 Å². The van der Waals surface area contributed by atoms with Crippen molar-refractivity contribution in [3.05, 3.63) is 11.9 Å². The molecular formula is C14H26N6O. The minimum Gasteiger partial charge on any atom is -0.377 e. The number of nitrogens with one attached hydrogen (secondary N) is 2. The molecule has 7 nitrogen and oxygen atoms in total. The quantitative estimate of drug-likeness (QED) is 0.488. The van der Waals surface area contributed by atoms with Gasteiger partial charge in [-0.05, 0) is 31.8 Å². The number of methoxy groups -OCH3 is 1. The lowest BCUT2D eigenvalue weighted by molar-refractivity contribution is 0.178. The molecule has 118 valence electrons.